The monoisotopic (exact) mass is 425 g/mol. The van der Waals surface area contributed by atoms with Crippen LogP contribution >= 0.6 is 23.2 Å². The molecule has 0 heterocycles. The van der Waals surface area contributed by atoms with Crippen molar-refractivity contribution in [2.45, 2.75) is 0 Å². The molecular weight excluding hydrogens is 413 g/mol. The van der Waals surface area contributed by atoms with Crippen LogP contribution in [-0.2, 0) is 4.79 Å². The zero-order valence-corrected chi connectivity index (χ0v) is 16.6. The van der Waals surface area contributed by atoms with Crippen molar-refractivity contribution in [2.24, 2.45) is 0 Å². The second kappa shape index (κ2) is 9.53. The highest BCUT2D eigenvalue weighted by molar-refractivity contribution is 6.32. The zero-order valence-electron chi connectivity index (χ0n) is 15.1. The van der Waals surface area contributed by atoms with Crippen molar-refractivity contribution in [3.63, 3.8) is 0 Å². The van der Waals surface area contributed by atoms with Gasteiger partial charge in [-0.05, 0) is 24.3 Å². The van der Waals surface area contributed by atoms with Crippen LogP contribution in [0.3, 0.4) is 0 Å². The Balaban J connectivity index is 2.30. The second-order valence-electron chi connectivity index (χ2n) is 5.74. The summed E-state index contributed by atoms with van der Waals surface area (Å²) in [7, 11) is 1.42. The Labute approximate surface area is 177 Å². The van der Waals surface area contributed by atoms with Crippen molar-refractivity contribution in [1.29, 1.82) is 10.5 Å². The maximum Gasteiger partial charge on any atom is 0.268 e. The number of halogens is 2. The summed E-state index contributed by atoms with van der Waals surface area (Å²) >= 11 is 11.8. The van der Waals surface area contributed by atoms with Gasteiger partial charge in [0.25, 0.3) is 5.91 Å². The number of phenolic OH excluding ortho intramolecular Hbond substituents is 1. The first-order chi connectivity index (χ1) is 13.8. The van der Waals surface area contributed by atoms with E-state index in [0.29, 0.717) is 10.6 Å². The zero-order chi connectivity index (χ0) is 21.6. The molecule has 0 unspecified atom stereocenters. The molecule has 29 heavy (non-hydrogen) atoms. The summed E-state index contributed by atoms with van der Waals surface area (Å²) in [5, 5.41) is 38.7. The molecule has 2 aromatic rings. The highest BCUT2D eigenvalue weighted by atomic mass is 35.5. The normalized spacial score (nSPS) is 10.7. The summed E-state index contributed by atoms with van der Waals surface area (Å²) in [4.78, 5) is 13.7. The van der Waals surface area contributed by atoms with Crippen molar-refractivity contribution >= 4 is 34.9 Å². The van der Waals surface area contributed by atoms with Gasteiger partial charge in [0.15, 0.2) is 11.3 Å². The average molecular weight is 426 g/mol. The average Bonchev–Trinajstić information content (AvgIpc) is 2.71. The standard InChI is InChI=1S/C21H13Cl2N3O3/c1-26(8-4-6-13-5-2-3-7-17(13)22)21(29)16(12-25)19(27)14-9-15(11-24)20(28)18(23)10-14/h2-3,5,7,9-10,27-28H,8H2,1H3/b19-16-. The molecule has 2 rings (SSSR count). The van der Waals surface area contributed by atoms with Gasteiger partial charge in [-0.2, -0.15) is 10.5 Å². The van der Waals surface area contributed by atoms with E-state index >= 15 is 0 Å². The van der Waals surface area contributed by atoms with Crippen LogP contribution in [0.2, 0.25) is 10.0 Å². The summed E-state index contributed by atoms with van der Waals surface area (Å²) in [6, 6.07) is 12.6. The van der Waals surface area contributed by atoms with Gasteiger partial charge in [0.2, 0.25) is 0 Å². The van der Waals surface area contributed by atoms with E-state index in [4.69, 9.17) is 28.5 Å². The quantitative estimate of drug-likeness (QED) is 0.335. The highest BCUT2D eigenvalue weighted by Crippen LogP contribution is 2.31. The van der Waals surface area contributed by atoms with Crippen molar-refractivity contribution in [3.05, 3.63) is 68.7 Å². The number of rotatable bonds is 3. The number of amides is 1. The molecule has 0 atom stereocenters. The third-order valence-corrected chi connectivity index (χ3v) is 4.40. The highest BCUT2D eigenvalue weighted by Gasteiger charge is 2.21. The van der Waals surface area contributed by atoms with Crippen LogP contribution in [0.4, 0.5) is 0 Å². The van der Waals surface area contributed by atoms with E-state index in [0.717, 1.165) is 17.0 Å². The lowest BCUT2D eigenvalue weighted by Gasteiger charge is -2.14. The Morgan fingerprint density at radius 2 is 1.83 bits per heavy atom. The summed E-state index contributed by atoms with van der Waals surface area (Å²) in [5.74, 6) is 3.70. The number of carbonyl (C=O) groups excluding carboxylic acids is 1. The topological polar surface area (TPSA) is 108 Å². The third-order valence-electron chi connectivity index (χ3n) is 3.78. The first-order valence-electron chi connectivity index (χ1n) is 8.05. The molecule has 0 spiro atoms. The van der Waals surface area contributed by atoms with Gasteiger partial charge in [-0.3, -0.25) is 4.79 Å². The number of aromatic hydroxyl groups is 1. The van der Waals surface area contributed by atoms with Gasteiger partial charge in [0.1, 0.15) is 17.9 Å². The van der Waals surface area contributed by atoms with Gasteiger partial charge in [-0.25, -0.2) is 0 Å². The fourth-order valence-corrected chi connectivity index (χ4v) is 2.65. The lowest BCUT2D eigenvalue weighted by Crippen LogP contribution is -2.28. The Morgan fingerprint density at radius 1 is 1.14 bits per heavy atom. The number of hydrogen-bond donors (Lipinski definition) is 2. The number of carbonyl (C=O) groups is 1. The second-order valence-corrected chi connectivity index (χ2v) is 6.56. The molecular formula is C21H13Cl2N3O3. The molecule has 0 fully saturated rings. The Bertz CT molecular complexity index is 1150. The molecule has 0 radical (unpaired) electrons. The maximum absolute atomic E-state index is 12.5. The SMILES string of the molecule is CN(CC#Cc1ccccc1Cl)C(=O)/C(C#N)=C(\O)c1cc(Cl)c(O)c(C#N)c1. The van der Waals surface area contributed by atoms with Gasteiger partial charge in [-0.1, -0.05) is 47.2 Å². The Morgan fingerprint density at radius 3 is 2.45 bits per heavy atom. The van der Waals surface area contributed by atoms with Crippen molar-refractivity contribution in [2.75, 3.05) is 13.6 Å². The van der Waals surface area contributed by atoms with E-state index in [1.165, 1.54) is 7.05 Å². The van der Waals surface area contributed by atoms with Crippen LogP contribution in [0, 0.1) is 34.5 Å². The summed E-state index contributed by atoms with van der Waals surface area (Å²) in [5.41, 5.74) is -0.220. The molecule has 0 aromatic heterocycles. The van der Waals surface area contributed by atoms with Crippen molar-refractivity contribution in [3.8, 4) is 29.7 Å². The molecule has 1 amide bonds. The van der Waals surface area contributed by atoms with E-state index in [9.17, 15) is 20.3 Å². The van der Waals surface area contributed by atoms with Crippen LogP contribution < -0.4 is 0 Å². The molecule has 144 valence electrons. The molecule has 2 aromatic carbocycles. The fraction of sp³-hybridized carbons (Fsp3) is 0.0952. The fourth-order valence-electron chi connectivity index (χ4n) is 2.25. The van der Waals surface area contributed by atoms with Gasteiger partial charge in [-0.15, -0.1) is 0 Å². The van der Waals surface area contributed by atoms with Crippen LogP contribution in [-0.4, -0.2) is 34.6 Å². The predicted molar refractivity (Wildman–Crippen MR) is 109 cm³/mol. The number of benzene rings is 2. The first kappa shape index (κ1) is 21.7. The third kappa shape index (κ3) is 5.00. The van der Waals surface area contributed by atoms with E-state index in [1.807, 2.05) is 0 Å². The molecule has 6 nitrogen and oxygen atoms in total. The lowest BCUT2D eigenvalue weighted by atomic mass is 10.0. The number of aliphatic hydroxyl groups is 1. The number of hydrogen-bond acceptors (Lipinski definition) is 5. The smallest absolute Gasteiger partial charge is 0.268 e. The van der Waals surface area contributed by atoms with E-state index < -0.39 is 23.0 Å². The van der Waals surface area contributed by atoms with Crippen LogP contribution in [0.5, 0.6) is 5.75 Å². The molecule has 0 bridgehead atoms. The van der Waals surface area contributed by atoms with E-state index in [-0.39, 0.29) is 22.7 Å². The number of phenols is 1. The van der Waals surface area contributed by atoms with Crippen LogP contribution in [0.1, 0.15) is 16.7 Å². The van der Waals surface area contributed by atoms with Crippen molar-refractivity contribution in [1.82, 2.24) is 4.90 Å². The summed E-state index contributed by atoms with van der Waals surface area (Å²) < 4.78 is 0. The summed E-state index contributed by atoms with van der Waals surface area (Å²) in [6.07, 6.45) is 0. The minimum atomic E-state index is -0.777. The molecule has 0 aliphatic heterocycles. The molecule has 8 heteroatoms. The maximum atomic E-state index is 12.5. The predicted octanol–water partition coefficient (Wildman–Crippen LogP) is 3.87. The van der Waals surface area contributed by atoms with Crippen LogP contribution in [0.25, 0.3) is 5.76 Å². The molecule has 0 saturated carbocycles. The number of aliphatic hydroxyl groups excluding tert-OH is 1. The van der Waals surface area contributed by atoms with Gasteiger partial charge in [0, 0.05) is 18.2 Å². The number of nitriles is 2. The molecule has 0 saturated heterocycles. The number of likely N-dealkylation sites (N-methyl/N-ethyl adjacent to an activating group) is 1. The molecule has 2 N–H and O–H groups in total. The minimum Gasteiger partial charge on any atom is -0.506 e. The number of nitrogens with zero attached hydrogens (tertiary/aromatic N) is 3. The van der Waals surface area contributed by atoms with Crippen LogP contribution in [0.15, 0.2) is 42.0 Å². The summed E-state index contributed by atoms with van der Waals surface area (Å²) in [6.45, 7) is -0.0255. The van der Waals surface area contributed by atoms with Gasteiger partial charge >= 0.3 is 0 Å². The van der Waals surface area contributed by atoms with Crippen molar-refractivity contribution < 1.29 is 15.0 Å². The molecule has 0 aliphatic carbocycles. The Hall–Kier alpha value is -3.63. The molecule has 0 aliphatic rings. The van der Waals surface area contributed by atoms with E-state index in [1.54, 1.807) is 36.4 Å². The van der Waals surface area contributed by atoms with E-state index in [2.05, 4.69) is 11.8 Å². The lowest BCUT2D eigenvalue weighted by molar-refractivity contribution is -0.124. The van der Waals surface area contributed by atoms with Gasteiger partial charge < -0.3 is 15.1 Å². The largest absolute Gasteiger partial charge is 0.506 e. The Kier molecular flexibility index (Phi) is 7.12. The van der Waals surface area contributed by atoms with Gasteiger partial charge in [0.05, 0.1) is 22.2 Å². The first-order valence-corrected chi connectivity index (χ1v) is 8.81. The minimum absolute atomic E-state index is 0.0255.